The molecule has 6 nitrogen and oxygen atoms in total. The molecule has 130 valence electrons. The average Bonchev–Trinajstić information content (AvgIpc) is 2.58. The van der Waals surface area contributed by atoms with Gasteiger partial charge in [-0.05, 0) is 61.7 Å². The van der Waals surface area contributed by atoms with Gasteiger partial charge in [-0.15, -0.1) is 0 Å². The van der Waals surface area contributed by atoms with Crippen LogP contribution in [0.4, 0.5) is 17.6 Å². The van der Waals surface area contributed by atoms with Gasteiger partial charge in [-0.2, -0.15) is 20.2 Å². The van der Waals surface area contributed by atoms with E-state index in [1.807, 2.05) is 0 Å². The molecule has 0 amide bonds. The Morgan fingerprint density at radius 1 is 1.00 bits per heavy atom. The molecule has 1 aromatic heterocycles. The summed E-state index contributed by atoms with van der Waals surface area (Å²) in [6, 6.07) is 13.5. The fourth-order valence-electron chi connectivity index (χ4n) is 2.98. The fourth-order valence-corrected chi connectivity index (χ4v) is 2.98. The molecule has 0 aliphatic heterocycles. The lowest BCUT2D eigenvalue weighted by atomic mass is 9.97. The molecule has 0 radical (unpaired) electrons. The third-order valence-electron chi connectivity index (χ3n) is 4.14. The Kier molecular flexibility index (Phi) is 4.81. The number of benzene rings is 2. The van der Waals surface area contributed by atoms with Crippen molar-refractivity contribution < 1.29 is 0 Å². The van der Waals surface area contributed by atoms with Gasteiger partial charge in [0.2, 0.25) is 11.9 Å². The van der Waals surface area contributed by atoms with E-state index in [1.54, 1.807) is 24.3 Å². The van der Waals surface area contributed by atoms with Gasteiger partial charge in [-0.1, -0.05) is 17.7 Å². The van der Waals surface area contributed by atoms with Crippen molar-refractivity contribution in [2.75, 3.05) is 11.1 Å². The molecule has 0 unspecified atom stereocenters. The molecule has 3 N–H and O–H groups in total. The second-order valence-corrected chi connectivity index (χ2v) is 6.30. The summed E-state index contributed by atoms with van der Waals surface area (Å²) in [5, 5.41) is 12.0. The van der Waals surface area contributed by atoms with Gasteiger partial charge in [0.25, 0.3) is 0 Å². The molecule has 0 aliphatic rings. The first-order chi connectivity index (χ1) is 12.4. The second-order valence-electron chi connectivity index (χ2n) is 6.30. The molecule has 26 heavy (non-hydrogen) atoms. The lowest BCUT2D eigenvalue weighted by Crippen LogP contribution is -2.09. The lowest BCUT2D eigenvalue weighted by Gasteiger charge is -2.12. The van der Waals surface area contributed by atoms with Gasteiger partial charge in [0, 0.05) is 12.1 Å². The monoisotopic (exact) mass is 344 g/mol. The minimum absolute atomic E-state index is 0.175. The SMILES string of the molecule is Cc1cc(C)c(Cc2nc(N)nc(Nc3ccc(C#N)cc3)n2)c(C)c1. The molecule has 0 aliphatic carbocycles. The summed E-state index contributed by atoms with van der Waals surface area (Å²) in [5.41, 5.74) is 12.1. The molecule has 3 aromatic rings. The van der Waals surface area contributed by atoms with Crippen LogP contribution in [0.25, 0.3) is 0 Å². The van der Waals surface area contributed by atoms with Crippen LogP contribution in [0, 0.1) is 32.1 Å². The summed E-state index contributed by atoms with van der Waals surface area (Å²) < 4.78 is 0. The van der Waals surface area contributed by atoms with Crippen LogP contribution in [0.1, 0.15) is 33.6 Å². The predicted octanol–water partition coefficient (Wildman–Crippen LogP) is 3.59. The number of hydrogen-bond acceptors (Lipinski definition) is 6. The van der Waals surface area contributed by atoms with Crippen molar-refractivity contribution >= 4 is 17.6 Å². The summed E-state index contributed by atoms with van der Waals surface area (Å²) in [4.78, 5) is 12.9. The predicted molar refractivity (Wildman–Crippen MR) is 102 cm³/mol. The van der Waals surface area contributed by atoms with Gasteiger partial charge in [0.1, 0.15) is 5.82 Å². The van der Waals surface area contributed by atoms with Gasteiger partial charge in [0.15, 0.2) is 0 Å². The van der Waals surface area contributed by atoms with Crippen LogP contribution in [0.2, 0.25) is 0 Å². The van der Waals surface area contributed by atoms with Crippen LogP contribution < -0.4 is 11.1 Å². The third-order valence-corrected chi connectivity index (χ3v) is 4.14. The highest BCUT2D eigenvalue weighted by Gasteiger charge is 2.10. The number of aryl methyl sites for hydroxylation is 3. The summed E-state index contributed by atoms with van der Waals surface area (Å²) in [6.07, 6.45) is 0.590. The Hall–Kier alpha value is -3.46. The number of nitrogens with one attached hydrogen (secondary N) is 1. The topological polar surface area (TPSA) is 101 Å². The van der Waals surface area contributed by atoms with Crippen LogP contribution in [0.15, 0.2) is 36.4 Å². The smallest absolute Gasteiger partial charge is 0.232 e. The highest BCUT2D eigenvalue weighted by atomic mass is 15.2. The first kappa shape index (κ1) is 17.4. The molecule has 0 saturated heterocycles. The summed E-state index contributed by atoms with van der Waals surface area (Å²) in [5.74, 6) is 1.18. The Balaban J connectivity index is 1.87. The molecular weight excluding hydrogens is 324 g/mol. The van der Waals surface area contributed by atoms with Crippen molar-refractivity contribution in [1.29, 1.82) is 5.26 Å². The number of nitrogens with zero attached hydrogens (tertiary/aromatic N) is 4. The van der Waals surface area contributed by atoms with Crippen molar-refractivity contribution in [3.8, 4) is 6.07 Å². The summed E-state index contributed by atoms with van der Waals surface area (Å²) in [6.45, 7) is 6.27. The number of nitrogen functional groups attached to an aromatic ring is 1. The van der Waals surface area contributed by atoms with Crippen molar-refractivity contribution in [3.05, 3.63) is 70.0 Å². The first-order valence-electron chi connectivity index (χ1n) is 8.29. The standard InChI is InChI=1S/C20H20N6/c1-12-8-13(2)17(14(3)9-12)10-18-24-19(22)26-20(25-18)23-16-6-4-15(11-21)5-7-16/h4-9H,10H2,1-3H3,(H3,22,23,24,25,26). The molecule has 1 heterocycles. The van der Waals surface area contributed by atoms with Crippen molar-refractivity contribution in [2.24, 2.45) is 0 Å². The quantitative estimate of drug-likeness (QED) is 0.750. The van der Waals surface area contributed by atoms with Gasteiger partial charge in [-0.3, -0.25) is 0 Å². The third kappa shape index (κ3) is 3.95. The van der Waals surface area contributed by atoms with E-state index in [2.05, 4.69) is 59.2 Å². The maximum absolute atomic E-state index is 8.87. The normalized spacial score (nSPS) is 10.4. The lowest BCUT2D eigenvalue weighted by molar-refractivity contribution is 0.924. The van der Waals surface area contributed by atoms with Crippen LogP contribution in [0.3, 0.4) is 0 Å². The van der Waals surface area contributed by atoms with Gasteiger partial charge >= 0.3 is 0 Å². The summed E-state index contributed by atoms with van der Waals surface area (Å²) >= 11 is 0. The molecule has 3 rings (SSSR count). The van der Waals surface area contributed by atoms with E-state index in [9.17, 15) is 0 Å². The minimum atomic E-state index is 0.175. The largest absolute Gasteiger partial charge is 0.368 e. The molecule has 0 atom stereocenters. The first-order valence-corrected chi connectivity index (χ1v) is 8.29. The number of nitriles is 1. The number of nitrogens with two attached hydrogens (primary N) is 1. The zero-order valence-electron chi connectivity index (χ0n) is 15.0. The van der Waals surface area contributed by atoms with E-state index in [4.69, 9.17) is 11.0 Å². The highest BCUT2D eigenvalue weighted by Crippen LogP contribution is 2.20. The number of rotatable bonds is 4. The number of aromatic nitrogens is 3. The molecule has 2 aromatic carbocycles. The minimum Gasteiger partial charge on any atom is -0.368 e. The van der Waals surface area contributed by atoms with E-state index in [0.717, 1.165) is 5.69 Å². The Bertz CT molecular complexity index is 963. The number of hydrogen-bond donors (Lipinski definition) is 2. The van der Waals surface area contributed by atoms with Gasteiger partial charge in [-0.25, -0.2) is 0 Å². The van der Waals surface area contributed by atoms with E-state index in [0.29, 0.717) is 23.8 Å². The van der Waals surface area contributed by atoms with Gasteiger partial charge in [0.05, 0.1) is 11.6 Å². The Morgan fingerprint density at radius 3 is 2.27 bits per heavy atom. The van der Waals surface area contributed by atoms with Crippen molar-refractivity contribution in [1.82, 2.24) is 15.0 Å². The Labute approximate surface area is 152 Å². The van der Waals surface area contributed by atoms with Crippen LogP contribution in [-0.4, -0.2) is 15.0 Å². The molecule has 0 saturated carbocycles. The van der Waals surface area contributed by atoms with E-state index >= 15 is 0 Å². The van der Waals surface area contributed by atoms with E-state index in [-0.39, 0.29) is 5.95 Å². The van der Waals surface area contributed by atoms with Crippen molar-refractivity contribution in [3.63, 3.8) is 0 Å². The highest BCUT2D eigenvalue weighted by molar-refractivity contribution is 5.55. The van der Waals surface area contributed by atoms with Crippen molar-refractivity contribution in [2.45, 2.75) is 27.2 Å². The van der Waals surface area contributed by atoms with Crippen LogP contribution >= 0.6 is 0 Å². The fraction of sp³-hybridized carbons (Fsp3) is 0.200. The van der Waals surface area contributed by atoms with E-state index in [1.165, 1.54) is 22.3 Å². The molecule has 0 fully saturated rings. The van der Waals surface area contributed by atoms with Gasteiger partial charge < -0.3 is 11.1 Å². The summed E-state index contributed by atoms with van der Waals surface area (Å²) in [7, 11) is 0. The maximum Gasteiger partial charge on any atom is 0.232 e. The zero-order valence-corrected chi connectivity index (χ0v) is 15.0. The molecule has 0 bridgehead atoms. The Morgan fingerprint density at radius 2 is 1.65 bits per heavy atom. The number of anilines is 3. The molecular formula is C20H20N6. The molecule has 6 heteroatoms. The maximum atomic E-state index is 8.87. The second kappa shape index (κ2) is 7.19. The van der Waals surface area contributed by atoms with Crippen LogP contribution in [-0.2, 0) is 6.42 Å². The zero-order chi connectivity index (χ0) is 18.7. The van der Waals surface area contributed by atoms with E-state index < -0.39 is 0 Å². The average molecular weight is 344 g/mol. The molecule has 0 spiro atoms. The van der Waals surface area contributed by atoms with Crippen LogP contribution in [0.5, 0.6) is 0 Å².